The predicted molar refractivity (Wildman–Crippen MR) is 92.5 cm³/mol. The lowest BCUT2D eigenvalue weighted by Crippen LogP contribution is -2.36. The molecule has 2 N–H and O–H groups in total. The number of hydrogen-bond donors (Lipinski definition) is 2. The van der Waals surface area contributed by atoms with Crippen LogP contribution in [0.3, 0.4) is 0 Å². The highest BCUT2D eigenvalue weighted by Gasteiger charge is 2.37. The quantitative estimate of drug-likeness (QED) is 0.766. The fraction of sp³-hybridized carbons (Fsp3) is 0.526. The molecule has 0 radical (unpaired) electrons. The van der Waals surface area contributed by atoms with Crippen LogP contribution in [0, 0.1) is 5.92 Å². The summed E-state index contributed by atoms with van der Waals surface area (Å²) in [6, 6.07) is 5.24. The summed E-state index contributed by atoms with van der Waals surface area (Å²) >= 11 is 0. The Morgan fingerprint density at radius 3 is 2.62 bits per heavy atom. The molecular weight excluding hydrogens is 347 g/mol. The molecule has 0 aliphatic heterocycles. The van der Waals surface area contributed by atoms with E-state index >= 15 is 0 Å². The number of carbonyl (C=O) groups is 1. The first kappa shape index (κ1) is 20.3. The summed E-state index contributed by atoms with van der Waals surface area (Å²) < 4.78 is 42.2. The first-order valence-electron chi connectivity index (χ1n) is 8.77. The average Bonchev–Trinajstić information content (AvgIpc) is 2.63. The summed E-state index contributed by atoms with van der Waals surface area (Å²) in [6.45, 7) is 0.228. The maximum atomic E-state index is 12.1. The third-order valence-electron chi connectivity index (χ3n) is 4.33. The number of nitrogens with one attached hydrogen (secondary N) is 1. The van der Waals surface area contributed by atoms with Crippen molar-refractivity contribution in [1.29, 1.82) is 0 Å². The van der Waals surface area contributed by atoms with Gasteiger partial charge in [-0.2, -0.15) is 13.2 Å². The molecule has 2 rings (SSSR count). The molecule has 0 bridgehead atoms. The summed E-state index contributed by atoms with van der Waals surface area (Å²) in [5.41, 5.74) is 1.35. The summed E-state index contributed by atoms with van der Waals surface area (Å²) in [5, 5.41) is 11.1. The van der Waals surface area contributed by atoms with Gasteiger partial charge in [0.1, 0.15) is 5.75 Å². The molecule has 26 heavy (non-hydrogen) atoms. The van der Waals surface area contributed by atoms with Crippen molar-refractivity contribution in [2.24, 2.45) is 5.92 Å². The van der Waals surface area contributed by atoms with Gasteiger partial charge in [0.05, 0.1) is 13.2 Å². The van der Waals surface area contributed by atoms with E-state index in [4.69, 9.17) is 4.74 Å². The maximum Gasteiger partial charge on any atom is 0.471 e. The first-order valence-corrected chi connectivity index (χ1v) is 8.77. The van der Waals surface area contributed by atoms with Crippen LogP contribution in [0.4, 0.5) is 13.2 Å². The Balaban J connectivity index is 1.92. The normalized spacial score (nSPS) is 16.0. The number of carbonyl (C=O) groups excluding carboxylic acids is 1. The van der Waals surface area contributed by atoms with Crippen LogP contribution in [0.2, 0.25) is 0 Å². The molecule has 1 fully saturated rings. The van der Waals surface area contributed by atoms with Crippen molar-refractivity contribution >= 4 is 12.0 Å². The highest BCUT2D eigenvalue weighted by atomic mass is 19.4. The van der Waals surface area contributed by atoms with E-state index in [-0.39, 0.29) is 13.2 Å². The van der Waals surface area contributed by atoms with E-state index < -0.39 is 12.1 Å². The molecule has 0 saturated heterocycles. The molecule has 4 nitrogen and oxygen atoms in total. The molecule has 1 aromatic rings. The van der Waals surface area contributed by atoms with Gasteiger partial charge in [-0.25, -0.2) is 0 Å². The van der Waals surface area contributed by atoms with E-state index in [0.717, 1.165) is 12.8 Å². The average molecular weight is 371 g/mol. The molecule has 144 valence electrons. The number of hydrogen-bond acceptors (Lipinski definition) is 3. The fourth-order valence-corrected chi connectivity index (χ4v) is 2.97. The lowest BCUT2D eigenvalue weighted by molar-refractivity contribution is -0.173. The number of rotatable bonds is 7. The van der Waals surface area contributed by atoms with Gasteiger partial charge in [-0.3, -0.25) is 4.79 Å². The van der Waals surface area contributed by atoms with Crippen LogP contribution in [0.25, 0.3) is 6.08 Å². The minimum atomic E-state index is -4.88. The topological polar surface area (TPSA) is 58.6 Å². The van der Waals surface area contributed by atoms with Gasteiger partial charge in [0.2, 0.25) is 0 Å². The molecule has 1 saturated carbocycles. The Labute approximate surface area is 151 Å². The van der Waals surface area contributed by atoms with E-state index in [2.05, 4.69) is 0 Å². The Bertz CT molecular complexity index is 623. The fourth-order valence-electron chi connectivity index (χ4n) is 2.97. The second kappa shape index (κ2) is 9.62. The second-order valence-electron chi connectivity index (χ2n) is 6.49. The zero-order valence-corrected chi connectivity index (χ0v) is 14.5. The number of halogens is 3. The highest BCUT2D eigenvalue weighted by Crippen LogP contribution is 2.25. The van der Waals surface area contributed by atoms with Gasteiger partial charge in [0.15, 0.2) is 0 Å². The van der Waals surface area contributed by atoms with Crippen LogP contribution in [0.15, 0.2) is 24.3 Å². The lowest BCUT2D eigenvalue weighted by Gasteiger charge is -2.22. The van der Waals surface area contributed by atoms with E-state index in [1.54, 1.807) is 29.6 Å². The van der Waals surface area contributed by atoms with Crippen molar-refractivity contribution in [1.82, 2.24) is 5.32 Å². The number of amides is 1. The molecular formula is C19H24F3NO3. The standard InChI is InChI=1S/C19H24F3NO3/c20-19(21,22)18(25)23-8-4-7-15-9-16(12-24)11-17(10-15)26-13-14-5-2-1-3-6-14/h4,7,9-11,14,24H,1-3,5-6,8,12-13H2,(H,23,25)/b7-4+. The van der Waals surface area contributed by atoms with Crippen molar-refractivity contribution in [3.05, 3.63) is 35.4 Å². The SMILES string of the molecule is O=C(NC/C=C/c1cc(CO)cc(OCC2CCCCC2)c1)C(F)(F)F. The molecule has 0 heterocycles. The zero-order chi connectivity index (χ0) is 19.0. The van der Waals surface area contributed by atoms with Crippen molar-refractivity contribution in [2.45, 2.75) is 44.9 Å². The minimum Gasteiger partial charge on any atom is -0.493 e. The van der Waals surface area contributed by atoms with Gasteiger partial charge in [0.25, 0.3) is 0 Å². The summed E-state index contributed by atoms with van der Waals surface area (Å²) in [7, 11) is 0. The third kappa shape index (κ3) is 6.71. The minimum absolute atomic E-state index is 0.160. The molecule has 0 atom stereocenters. The van der Waals surface area contributed by atoms with E-state index in [1.807, 2.05) is 0 Å². The molecule has 1 aromatic carbocycles. The van der Waals surface area contributed by atoms with Gasteiger partial charge < -0.3 is 15.2 Å². The number of aliphatic hydroxyl groups excluding tert-OH is 1. The van der Waals surface area contributed by atoms with Crippen LogP contribution in [0.1, 0.15) is 43.2 Å². The van der Waals surface area contributed by atoms with Crippen LogP contribution >= 0.6 is 0 Å². The molecule has 7 heteroatoms. The Kier molecular flexibility index (Phi) is 7.50. The molecule has 0 spiro atoms. The third-order valence-corrected chi connectivity index (χ3v) is 4.33. The van der Waals surface area contributed by atoms with Gasteiger partial charge in [-0.1, -0.05) is 31.4 Å². The van der Waals surface area contributed by atoms with E-state index in [1.165, 1.54) is 25.3 Å². The molecule has 0 aromatic heterocycles. The van der Waals surface area contributed by atoms with Crippen molar-refractivity contribution in [2.75, 3.05) is 13.2 Å². The number of alkyl halides is 3. The lowest BCUT2D eigenvalue weighted by atomic mass is 9.90. The summed E-state index contributed by atoms with van der Waals surface area (Å²) in [6.07, 6.45) is 4.16. The number of aliphatic hydroxyl groups is 1. The van der Waals surface area contributed by atoms with Gasteiger partial charge in [-0.15, -0.1) is 0 Å². The molecule has 1 aliphatic rings. The predicted octanol–water partition coefficient (Wildman–Crippen LogP) is 3.83. The van der Waals surface area contributed by atoms with Crippen molar-refractivity contribution < 1.29 is 27.8 Å². The molecule has 1 amide bonds. The van der Waals surface area contributed by atoms with Crippen LogP contribution in [0.5, 0.6) is 5.75 Å². The molecule has 0 unspecified atom stereocenters. The Morgan fingerprint density at radius 2 is 1.96 bits per heavy atom. The van der Waals surface area contributed by atoms with E-state index in [0.29, 0.717) is 29.4 Å². The van der Waals surface area contributed by atoms with Crippen molar-refractivity contribution in [3.63, 3.8) is 0 Å². The van der Waals surface area contributed by atoms with E-state index in [9.17, 15) is 23.1 Å². The maximum absolute atomic E-state index is 12.1. The highest BCUT2D eigenvalue weighted by molar-refractivity contribution is 5.81. The Morgan fingerprint density at radius 1 is 1.23 bits per heavy atom. The largest absolute Gasteiger partial charge is 0.493 e. The number of ether oxygens (including phenoxy) is 1. The monoisotopic (exact) mass is 371 g/mol. The summed E-state index contributed by atoms with van der Waals surface area (Å²) in [5.74, 6) is -0.804. The van der Waals surface area contributed by atoms with Crippen LogP contribution < -0.4 is 10.1 Å². The summed E-state index contributed by atoms with van der Waals surface area (Å²) in [4.78, 5) is 10.7. The zero-order valence-electron chi connectivity index (χ0n) is 14.5. The van der Waals surface area contributed by atoms with Gasteiger partial charge in [-0.05, 0) is 48.1 Å². The van der Waals surface area contributed by atoms with Crippen LogP contribution in [-0.2, 0) is 11.4 Å². The van der Waals surface area contributed by atoms with Crippen LogP contribution in [-0.4, -0.2) is 30.3 Å². The van der Waals surface area contributed by atoms with Gasteiger partial charge >= 0.3 is 12.1 Å². The second-order valence-corrected chi connectivity index (χ2v) is 6.49. The number of benzene rings is 1. The Hall–Kier alpha value is -2.02. The first-order chi connectivity index (χ1) is 12.4. The molecule has 1 aliphatic carbocycles. The smallest absolute Gasteiger partial charge is 0.471 e. The van der Waals surface area contributed by atoms with Crippen molar-refractivity contribution in [3.8, 4) is 5.75 Å². The van der Waals surface area contributed by atoms with Gasteiger partial charge in [0, 0.05) is 6.54 Å².